The lowest BCUT2D eigenvalue weighted by molar-refractivity contribution is 1.07. The molecule has 5 nitrogen and oxygen atoms in total. The van der Waals surface area contributed by atoms with Gasteiger partial charge in [0, 0.05) is 50.3 Å². The molecule has 0 amide bonds. The molecule has 4 aromatic carbocycles. The minimum atomic E-state index is 0.613. The van der Waals surface area contributed by atoms with Crippen LogP contribution in [0.4, 0.5) is 0 Å². The van der Waals surface area contributed by atoms with Crippen LogP contribution in [0.2, 0.25) is 0 Å². The third-order valence-corrected chi connectivity index (χ3v) is 6.52. The van der Waals surface area contributed by atoms with Gasteiger partial charge in [0.15, 0.2) is 17.5 Å². The fourth-order valence-electron chi connectivity index (χ4n) is 4.77. The smallest absolute Gasteiger partial charge is 0.164 e. The van der Waals surface area contributed by atoms with E-state index in [1.165, 1.54) is 5.39 Å². The Morgan fingerprint density at radius 2 is 1.08 bits per heavy atom. The third kappa shape index (κ3) is 3.83. The van der Waals surface area contributed by atoms with Crippen molar-refractivity contribution in [1.29, 1.82) is 0 Å². The quantitative estimate of drug-likeness (QED) is 0.285. The second-order valence-electron chi connectivity index (χ2n) is 8.87. The van der Waals surface area contributed by atoms with Crippen LogP contribution >= 0.6 is 0 Å². The number of hydrogen-bond acceptors (Lipinski definition) is 4. The van der Waals surface area contributed by atoms with Crippen molar-refractivity contribution in [2.45, 2.75) is 0 Å². The number of aromatic amines is 1. The SMILES string of the molecule is c1ccc(-c2nc(-c3ccccc3)nc(-c3ccnc(-c4cccc5[nH]c6ccccc6c45)c3)n2)cc1. The zero-order valence-electron chi connectivity index (χ0n) is 19.8. The molecule has 5 heteroatoms. The maximum Gasteiger partial charge on any atom is 0.164 e. The Kier molecular flexibility index (Phi) is 5.03. The number of hydrogen-bond donors (Lipinski definition) is 1. The van der Waals surface area contributed by atoms with Gasteiger partial charge in [-0.3, -0.25) is 4.98 Å². The van der Waals surface area contributed by atoms with E-state index < -0.39 is 0 Å². The first-order valence-electron chi connectivity index (χ1n) is 12.2. The first-order chi connectivity index (χ1) is 18.3. The van der Waals surface area contributed by atoms with E-state index >= 15 is 0 Å². The van der Waals surface area contributed by atoms with Crippen LogP contribution in [-0.2, 0) is 0 Å². The summed E-state index contributed by atoms with van der Waals surface area (Å²) in [6.45, 7) is 0. The summed E-state index contributed by atoms with van der Waals surface area (Å²) >= 11 is 0. The van der Waals surface area contributed by atoms with Gasteiger partial charge in [0.1, 0.15) is 0 Å². The van der Waals surface area contributed by atoms with Crippen molar-refractivity contribution in [2.24, 2.45) is 0 Å². The minimum Gasteiger partial charge on any atom is -0.354 e. The molecule has 7 aromatic rings. The molecule has 0 saturated heterocycles. The van der Waals surface area contributed by atoms with Crippen molar-refractivity contribution in [3.63, 3.8) is 0 Å². The molecule has 0 saturated carbocycles. The number of nitrogens with one attached hydrogen (secondary N) is 1. The molecule has 0 atom stereocenters. The van der Waals surface area contributed by atoms with Gasteiger partial charge in [0.25, 0.3) is 0 Å². The largest absolute Gasteiger partial charge is 0.354 e. The lowest BCUT2D eigenvalue weighted by Gasteiger charge is -2.10. The fraction of sp³-hybridized carbons (Fsp3) is 0. The highest BCUT2D eigenvalue weighted by atomic mass is 15.0. The molecule has 7 rings (SSSR count). The number of benzene rings is 4. The average Bonchev–Trinajstić information content (AvgIpc) is 3.37. The normalized spacial score (nSPS) is 11.2. The summed E-state index contributed by atoms with van der Waals surface area (Å²) < 4.78 is 0. The van der Waals surface area contributed by atoms with Gasteiger partial charge in [-0.2, -0.15) is 0 Å². The summed E-state index contributed by atoms with van der Waals surface area (Å²) in [5, 5.41) is 2.34. The summed E-state index contributed by atoms with van der Waals surface area (Å²) in [6.07, 6.45) is 1.83. The Labute approximate surface area is 213 Å². The Morgan fingerprint density at radius 3 is 1.78 bits per heavy atom. The summed E-state index contributed by atoms with van der Waals surface area (Å²) in [4.78, 5) is 22.8. The van der Waals surface area contributed by atoms with Crippen LogP contribution in [0.1, 0.15) is 0 Å². The molecule has 0 aliphatic carbocycles. The molecule has 1 N–H and O–H groups in total. The van der Waals surface area contributed by atoms with E-state index in [1.807, 2.05) is 79.0 Å². The highest BCUT2D eigenvalue weighted by Crippen LogP contribution is 2.35. The topological polar surface area (TPSA) is 67.3 Å². The van der Waals surface area contributed by atoms with Crippen LogP contribution in [0.3, 0.4) is 0 Å². The molecule has 3 aromatic heterocycles. The van der Waals surface area contributed by atoms with Gasteiger partial charge < -0.3 is 4.98 Å². The van der Waals surface area contributed by atoms with Gasteiger partial charge in [-0.15, -0.1) is 0 Å². The minimum absolute atomic E-state index is 0.613. The van der Waals surface area contributed by atoms with Gasteiger partial charge in [-0.25, -0.2) is 15.0 Å². The maximum absolute atomic E-state index is 4.88. The van der Waals surface area contributed by atoms with E-state index in [0.29, 0.717) is 17.5 Å². The van der Waals surface area contributed by atoms with Crippen LogP contribution in [0, 0.1) is 0 Å². The van der Waals surface area contributed by atoms with E-state index in [-0.39, 0.29) is 0 Å². The number of nitrogens with zero attached hydrogens (tertiary/aromatic N) is 4. The van der Waals surface area contributed by atoms with Crippen LogP contribution in [0.15, 0.2) is 121 Å². The molecule has 174 valence electrons. The van der Waals surface area contributed by atoms with Gasteiger partial charge >= 0.3 is 0 Å². The van der Waals surface area contributed by atoms with E-state index in [4.69, 9.17) is 19.9 Å². The van der Waals surface area contributed by atoms with Crippen LogP contribution < -0.4 is 0 Å². The van der Waals surface area contributed by atoms with Gasteiger partial charge in [-0.05, 0) is 24.3 Å². The van der Waals surface area contributed by atoms with Crippen molar-refractivity contribution in [1.82, 2.24) is 24.9 Å². The second kappa shape index (κ2) is 8.81. The van der Waals surface area contributed by atoms with Crippen molar-refractivity contribution in [2.75, 3.05) is 0 Å². The van der Waals surface area contributed by atoms with Crippen LogP contribution in [0.5, 0.6) is 0 Å². The lowest BCUT2D eigenvalue weighted by atomic mass is 10.0. The van der Waals surface area contributed by atoms with Gasteiger partial charge in [0.05, 0.1) is 5.69 Å². The molecular formula is C32H21N5. The van der Waals surface area contributed by atoms with Crippen LogP contribution in [0.25, 0.3) is 67.2 Å². The molecule has 0 bridgehead atoms. The standard InChI is InChI=1S/C32H21N5/c1-3-10-21(11-4-1)30-35-31(22-12-5-2-6-13-22)37-32(36-30)23-18-19-33-28(20-23)25-15-9-17-27-29(25)24-14-7-8-16-26(24)34-27/h1-20,34H. The highest BCUT2D eigenvalue weighted by Gasteiger charge is 2.15. The monoisotopic (exact) mass is 475 g/mol. The summed E-state index contributed by atoms with van der Waals surface area (Å²) in [7, 11) is 0. The summed E-state index contributed by atoms with van der Waals surface area (Å²) in [6, 6.07) is 38.7. The molecule has 3 heterocycles. The highest BCUT2D eigenvalue weighted by molar-refractivity contribution is 6.13. The van der Waals surface area contributed by atoms with Crippen molar-refractivity contribution >= 4 is 21.8 Å². The molecule has 0 radical (unpaired) electrons. The number of para-hydroxylation sites is 1. The first kappa shape index (κ1) is 21.1. The fourth-order valence-corrected chi connectivity index (χ4v) is 4.77. The Balaban J connectivity index is 1.41. The molecular weight excluding hydrogens is 454 g/mol. The number of pyridine rings is 1. The summed E-state index contributed by atoms with van der Waals surface area (Å²) in [5.74, 6) is 1.89. The predicted molar refractivity (Wildman–Crippen MR) is 149 cm³/mol. The van der Waals surface area contributed by atoms with Crippen LogP contribution in [-0.4, -0.2) is 24.9 Å². The molecule has 0 spiro atoms. The molecule has 0 unspecified atom stereocenters. The average molecular weight is 476 g/mol. The number of fused-ring (bicyclic) bond motifs is 3. The zero-order chi connectivity index (χ0) is 24.6. The molecule has 0 fully saturated rings. The maximum atomic E-state index is 4.88. The number of H-pyrrole nitrogens is 1. The van der Waals surface area contributed by atoms with Gasteiger partial charge in [-0.1, -0.05) is 91.0 Å². The molecule has 0 aliphatic rings. The van der Waals surface area contributed by atoms with E-state index in [0.717, 1.165) is 44.4 Å². The summed E-state index contributed by atoms with van der Waals surface area (Å²) in [5.41, 5.74) is 6.91. The molecule has 0 aliphatic heterocycles. The first-order valence-corrected chi connectivity index (χ1v) is 12.2. The van der Waals surface area contributed by atoms with Crippen molar-refractivity contribution in [3.8, 4) is 45.4 Å². The predicted octanol–water partition coefficient (Wildman–Crippen LogP) is 7.57. The Morgan fingerprint density at radius 1 is 0.486 bits per heavy atom. The van der Waals surface area contributed by atoms with Gasteiger partial charge in [0.2, 0.25) is 0 Å². The third-order valence-electron chi connectivity index (χ3n) is 6.52. The van der Waals surface area contributed by atoms with E-state index in [2.05, 4.69) is 47.4 Å². The van der Waals surface area contributed by atoms with Crippen molar-refractivity contribution < 1.29 is 0 Å². The van der Waals surface area contributed by atoms with Crippen molar-refractivity contribution in [3.05, 3.63) is 121 Å². The van der Waals surface area contributed by atoms with E-state index in [9.17, 15) is 0 Å². The lowest BCUT2D eigenvalue weighted by Crippen LogP contribution is -2.00. The second-order valence-corrected chi connectivity index (χ2v) is 8.87. The van der Waals surface area contributed by atoms with E-state index in [1.54, 1.807) is 0 Å². The zero-order valence-corrected chi connectivity index (χ0v) is 19.8. The molecule has 37 heavy (non-hydrogen) atoms. The number of rotatable bonds is 4. The Hall–Kier alpha value is -5.16. The Bertz CT molecular complexity index is 1820. The number of aromatic nitrogens is 5.